The molecular formula is C25H31NO5. The van der Waals surface area contributed by atoms with Crippen LogP contribution in [-0.4, -0.2) is 28.1 Å². The Balaban J connectivity index is 1.46. The van der Waals surface area contributed by atoms with Gasteiger partial charge in [-0.1, -0.05) is 26.0 Å². The number of carboxylic acids is 1. The van der Waals surface area contributed by atoms with Gasteiger partial charge in [0.25, 0.3) is 5.91 Å². The quantitative estimate of drug-likeness (QED) is 0.403. The molecule has 3 N–H and O–H groups in total. The molecule has 2 aromatic rings. The van der Waals surface area contributed by atoms with Crippen molar-refractivity contribution in [3.05, 3.63) is 42.2 Å². The summed E-state index contributed by atoms with van der Waals surface area (Å²) >= 11 is 0. The third-order valence-electron chi connectivity index (χ3n) is 7.54. The molecule has 1 aromatic heterocycles. The van der Waals surface area contributed by atoms with Crippen LogP contribution < -0.4 is 5.32 Å². The van der Waals surface area contributed by atoms with Gasteiger partial charge in [0.15, 0.2) is 0 Å². The zero-order valence-electron chi connectivity index (χ0n) is 18.1. The number of hydrogen-bond donors (Lipinski definition) is 3. The second kappa shape index (κ2) is 8.40. The minimum atomic E-state index is -0.758. The minimum Gasteiger partial charge on any atom is -0.508 e. The van der Waals surface area contributed by atoms with Crippen molar-refractivity contribution >= 4 is 22.8 Å². The van der Waals surface area contributed by atoms with Crippen molar-refractivity contribution in [3.63, 3.8) is 0 Å². The van der Waals surface area contributed by atoms with Crippen LogP contribution in [0.25, 0.3) is 11.0 Å². The predicted octanol–water partition coefficient (Wildman–Crippen LogP) is 5.12. The zero-order chi connectivity index (χ0) is 22.2. The lowest BCUT2D eigenvalue weighted by atomic mass is 9.44. The summed E-state index contributed by atoms with van der Waals surface area (Å²) in [6, 6.07) is 4.86. The Hall–Kier alpha value is -2.76. The lowest BCUT2D eigenvalue weighted by Crippen LogP contribution is -2.63. The number of carbonyl (C=O) groups excluding carboxylic acids is 1. The number of phenolic OH excluding ortho intramolecular Hbond substituents is 1. The molecule has 166 valence electrons. The Morgan fingerprint density at radius 1 is 1.26 bits per heavy atom. The first kappa shape index (κ1) is 21.5. The molecule has 4 atom stereocenters. The maximum absolute atomic E-state index is 13.2. The first-order valence-corrected chi connectivity index (χ1v) is 11.1. The normalized spacial score (nSPS) is 26.6. The lowest BCUT2D eigenvalue weighted by Gasteiger charge is -2.62. The highest BCUT2D eigenvalue weighted by Crippen LogP contribution is 2.61. The molecule has 3 aliphatic rings. The molecule has 31 heavy (non-hydrogen) atoms. The van der Waals surface area contributed by atoms with Gasteiger partial charge in [0.1, 0.15) is 17.6 Å². The number of aromatic hydroxyl groups is 1. The number of amides is 1. The number of rotatable bonds is 8. The van der Waals surface area contributed by atoms with Gasteiger partial charge in [-0.3, -0.25) is 9.59 Å². The number of furan rings is 1. The number of benzene rings is 1. The van der Waals surface area contributed by atoms with Crippen LogP contribution in [0, 0.1) is 23.2 Å². The van der Waals surface area contributed by atoms with E-state index in [1.54, 1.807) is 18.2 Å². The van der Waals surface area contributed by atoms with Gasteiger partial charge in [0.05, 0.1) is 5.56 Å². The number of nitrogens with one attached hydrogen (secondary N) is 1. The van der Waals surface area contributed by atoms with Gasteiger partial charge in [0, 0.05) is 17.8 Å². The van der Waals surface area contributed by atoms with Crippen LogP contribution in [-0.2, 0) is 4.79 Å². The minimum absolute atomic E-state index is 0.0819. The fourth-order valence-corrected chi connectivity index (χ4v) is 5.55. The van der Waals surface area contributed by atoms with Crippen LogP contribution in [0.5, 0.6) is 5.75 Å². The fraction of sp³-hybridized carbons (Fsp3) is 0.520. The van der Waals surface area contributed by atoms with Crippen molar-refractivity contribution < 1.29 is 24.2 Å². The highest BCUT2D eigenvalue weighted by atomic mass is 16.4. The Labute approximate surface area is 182 Å². The van der Waals surface area contributed by atoms with Crippen molar-refractivity contribution in [1.82, 2.24) is 5.32 Å². The summed E-state index contributed by atoms with van der Waals surface area (Å²) < 4.78 is 5.51. The van der Waals surface area contributed by atoms with Gasteiger partial charge >= 0.3 is 5.97 Å². The molecular weight excluding hydrogens is 394 g/mol. The van der Waals surface area contributed by atoms with E-state index in [2.05, 4.69) is 31.3 Å². The molecule has 6 nitrogen and oxygen atoms in total. The summed E-state index contributed by atoms with van der Waals surface area (Å²) in [6.07, 6.45) is 10.4. The fourth-order valence-electron chi connectivity index (χ4n) is 5.55. The molecule has 2 bridgehead atoms. The Morgan fingerprint density at radius 2 is 2.06 bits per heavy atom. The molecule has 4 unspecified atom stereocenters. The number of carboxylic acid groups (broad SMARTS) is 1. The number of phenols is 1. The van der Waals surface area contributed by atoms with Crippen molar-refractivity contribution in [3.8, 4) is 5.75 Å². The first-order valence-electron chi connectivity index (χ1n) is 11.1. The Bertz CT molecular complexity index is 1000. The van der Waals surface area contributed by atoms with Gasteiger partial charge in [-0.25, -0.2) is 0 Å². The third-order valence-corrected chi connectivity index (χ3v) is 7.54. The van der Waals surface area contributed by atoms with Crippen molar-refractivity contribution in [2.45, 2.75) is 58.4 Å². The van der Waals surface area contributed by atoms with E-state index in [9.17, 15) is 14.7 Å². The molecule has 0 saturated heterocycles. The molecule has 1 aromatic carbocycles. The zero-order valence-corrected chi connectivity index (χ0v) is 18.1. The van der Waals surface area contributed by atoms with E-state index < -0.39 is 5.97 Å². The number of hydrogen-bond acceptors (Lipinski definition) is 4. The number of unbranched alkanes of at least 4 members (excludes halogenated alkanes) is 1. The SMILES string of the molecule is CC1(C)C2CC(C/C=C/CCCC(=O)O)C(NC(=O)c3coc4ccc(O)cc34)C1C2. The number of carbonyl (C=O) groups is 2. The molecule has 0 spiro atoms. The van der Waals surface area contributed by atoms with E-state index in [0.717, 1.165) is 25.7 Å². The van der Waals surface area contributed by atoms with E-state index in [4.69, 9.17) is 9.52 Å². The molecule has 3 saturated carbocycles. The summed E-state index contributed by atoms with van der Waals surface area (Å²) in [7, 11) is 0. The summed E-state index contributed by atoms with van der Waals surface area (Å²) in [5.74, 6) is 0.671. The van der Waals surface area contributed by atoms with Crippen LogP contribution in [0.15, 0.2) is 41.0 Å². The molecule has 6 heteroatoms. The van der Waals surface area contributed by atoms with Crippen LogP contribution in [0.2, 0.25) is 0 Å². The van der Waals surface area contributed by atoms with Crippen molar-refractivity contribution in [2.24, 2.45) is 23.2 Å². The van der Waals surface area contributed by atoms with Crippen LogP contribution in [0.1, 0.15) is 62.7 Å². The van der Waals surface area contributed by atoms with E-state index in [-0.39, 0.29) is 29.5 Å². The average molecular weight is 426 g/mol. The number of fused-ring (bicyclic) bond motifs is 3. The van der Waals surface area contributed by atoms with E-state index in [0.29, 0.717) is 40.7 Å². The summed E-state index contributed by atoms with van der Waals surface area (Å²) in [5.41, 5.74) is 1.25. The second-order valence-electron chi connectivity index (χ2n) is 9.68. The average Bonchev–Trinajstić information content (AvgIpc) is 3.13. The Kier molecular flexibility index (Phi) is 5.82. The van der Waals surface area contributed by atoms with Crippen LogP contribution >= 0.6 is 0 Å². The summed E-state index contributed by atoms with van der Waals surface area (Å²) in [6.45, 7) is 4.60. The maximum atomic E-state index is 13.2. The maximum Gasteiger partial charge on any atom is 0.303 e. The summed E-state index contributed by atoms with van der Waals surface area (Å²) in [5, 5.41) is 22.5. The smallest absolute Gasteiger partial charge is 0.303 e. The molecule has 5 rings (SSSR count). The topological polar surface area (TPSA) is 99.8 Å². The largest absolute Gasteiger partial charge is 0.508 e. The molecule has 3 fully saturated rings. The highest BCUT2D eigenvalue weighted by Gasteiger charge is 2.57. The molecule has 3 aliphatic carbocycles. The first-order chi connectivity index (χ1) is 14.8. The molecule has 0 radical (unpaired) electrons. The molecule has 0 aliphatic heterocycles. The third kappa shape index (κ3) is 4.21. The van der Waals surface area contributed by atoms with Crippen LogP contribution in [0.4, 0.5) is 0 Å². The van der Waals surface area contributed by atoms with Crippen molar-refractivity contribution in [2.75, 3.05) is 0 Å². The monoisotopic (exact) mass is 425 g/mol. The number of allylic oxidation sites excluding steroid dienone is 2. The van der Waals surface area contributed by atoms with Gasteiger partial charge < -0.3 is 19.9 Å². The van der Waals surface area contributed by atoms with E-state index >= 15 is 0 Å². The van der Waals surface area contributed by atoms with Gasteiger partial charge in [-0.15, -0.1) is 0 Å². The number of aliphatic carboxylic acids is 1. The van der Waals surface area contributed by atoms with E-state index in [1.165, 1.54) is 6.26 Å². The highest BCUT2D eigenvalue weighted by molar-refractivity contribution is 6.06. The van der Waals surface area contributed by atoms with Gasteiger partial charge in [0.2, 0.25) is 0 Å². The van der Waals surface area contributed by atoms with Crippen molar-refractivity contribution in [1.29, 1.82) is 0 Å². The molecule has 1 heterocycles. The van der Waals surface area contributed by atoms with Gasteiger partial charge in [-0.05, 0) is 73.5 Å². The van der Waals surface area contributed by atoms with E-state index in [1.807, 2.05) is 0 Å². The predicted molar refractivity (Wildman–Crippen MR) is 118 cm³/mol. The lowest BCUT2D eigenvalue weighted by molar-refractivity contribution is -0.137. The standard InChI is InChI=1S/C25H31NO5/c1-25(2)16-11-15(7-5-3-4-6-8-22(28)29)23(20(25)12-16)26-24(30)19-14-31-21-10-9-17(27)13-18(19)21/h3,5,9-10,13-16,20,23,27H,4,6-8,11-12H2,1-2H3,(H,26,30)(H,28,29)/b5-3+. The van der Waals surface area contributed by atoms with Crippen LogP contribution in [0.3, 0.4) is 0 Å². The summed E-state index contributed by atoms with van der Waals surface area (Å²) in [4.78, 5) is 23.8. The second-order valence-corrected chi connectivity index (χ2v) is 9.68. The molecule has 1 amide bonds. The van der Waals surface area contributed by atoms with Gasteiger partial charge in [-0.2, -0.15) is 0 Å². The Morgan fingerprint density at radius 3 is 2.81 bits per heavy atom.